The number of benzene rings is 4. The molecule has 4 aromatic rings. The van der Waals surface area contributed by atoms with E-state index in [0.29, 0.717) is 45.6 Å². The topological polar surface area (TPSA) is 87.4 Å². The summed E-state index contributed by atoms with van der Waals surface area (Å²) in [4.78, 5) is 4.73. The molecule has 1 N–H and O–H groups in total. The number of nitrogens with zero attached hydrogens (tertiary/aromatic N) is 3. The summed E-state index contributed by atoms with van der Waals surface area (Å²) in [5.41, 5.74) is 8.03. The molecule has 8 nitrogen and oxygen atoms in total. The second kappa shape index (κ2) is 12.3. The molecule has 0 spiro atoms. The van der Waals surface area contributed by atoms with Crippen molar-refractivity contribution in [2.75, 3.05) is 41.4 Å². The molecule has 4 heterocycles. The van der Waals surface area contributed by atoms with E-state index in [-0.39, 0.29) is 18.7 Å². The van der Waals surface area contributed by atoms with E-state index in [9.17, 15) is 10.4 Å². The second-order valence-corrected chi connectivity index (χ2v) is 12.5. The van der Waals surface area contributed by atoms with E-state index < -0.39 is 0 Å². The first-order valence-corrected chi connectivity index (χ1v) is 15.8. The van der Waals surface area contributed by atoms with Gasteiger partial charge in [0.1, 0.15) is 17.6 Å². The highest BCUT2D eigenvalue weighted by atomic mass is 16.5. The average molecular weight is 618 g/mol. The smallest absolute Gasteiger partial charge is 0.174 e. The molecule has 46 heavy (non-hydrogen) atoms. The Balaban J connectivity index is 1.46. The van der Waals surface area contributed by atoms with E-state index in [2.05, 4.69) is 60.3 Å². The van der Waals surface area contributed by atoms with Gasteiger partial charge in [-0.1, -0.05) is 18.2 Å². The van der Waals surface area contributed by atoms with Crippen molar-refractivity contribution in [2.45, 2.75) is 44.4 Å². The first kappa shape index (κ1) is 30.1. The Morgan fingerprint density at radius 1 is 0.826 bits per heavy atom. The molecule has 0 aromatic heterocycles. The molecular weight excluding hydrogens is 578 g/mol. The fourth-order valence-corrected chi connectivity index (χ4v) is 7.30. The number of nitriles is 1. The van der Waals surface area contributed by atoms with Crippen LogP contribution in [0.25, 0.3) is 0 Å². The minimum absolute atomic E-state index is 0.00424. The number of rotatable bonds is 3. The zero-order valence-corrected chi connectivity index (χ0v) is 26.8. The predicted molar refractivity (Wildman–Crippen MR) is 175 cm³/mol. The molecule has 8 heteroatoms. The first-order chi connectivity index (χ1) is 22.4. The third-order valence-electron chi connectivity index (χ3n) is 9.85. The van der Waals surface area contributed by atoms with Gasteiger partial charge >= 0.3 is 0 Å². The number of fused-ring (bicyclic) bond motifs is 2. The molecule has 4 aliphatic heterocycles. The van der Waals surface area contributed by atoms with Gasteiger partial charge in [0, 0.05) is 36.3 Å². The Labute approximate surface area is 270 Å². The minimum atomic E-state index is -0.157. The summed E-state index contributed by atoms with van der Waals surface area (Å²) < 4.78 is 25.3. The van der Waals surface area contributed by atoms with E-state index in [4.69, 9.17) is 18.9 Å². The highest BCUT2D eigenvalue weighted by molar-refractivity contribution is 5.61. The molecule has 4 aromatic carbocycles. The molecule has 0 unspecified atom stereocenters. The SMILES string of the molecule is COc1cc2c3cc1Oc1c(OC)c(CO)cc4c1[C@H](Cc1ccc(cc1)Oc1cc(ccc1C#N)C[C@H]3N(C)CC2)N(C)CC4. The van der Waals surface area contributed by atoms with Crippen LogP contribution in [-0.4, -0.2) is 56.3 Å². The van der Waals surface area contributed by atoms with Crippen molar-refractivity contribution < 1.29 is 24.1 Å². The van der Waals surface area contributed by atoms with Gasteiger partial charge in [-0.15, -0.1) is 0 Å². The van der Waals surface area contributed by atoms with Crippen molar-refractivity contribution in [3.8, 4) is 40.6 Å². The third-order valence-corrected chi connectivity index (χ3v) is 9.85. The van der Waals surface area contributed by atoms with E-state index in [1.165, 1.54) is 11.1 Å². The van der Waals surface area contributed by atoms with Gasteiger partial charge in [-0.05, 0) is 110 Å². The lowest BCUT2D eigenvalue weighted by Gasteiger charge is -2.37. The van der Waals surface area contributed by atoms with Crippen LogP contribution in [0.4, 0.5) is 0 Å². The molecule has 0 aliphatic carbocycles. The average Bonchev–Trinajstić information content (AvgIpc) is 3.07. The van der Waals surface area contributed by atoms with Crippen LogP contribution in [0.1, 0.15) is 56.6 Å². The molecule has 0 radical (unpaired) electrons. The van der Waals surface area contributed by atoms with Crippen molar-refractivity contribution in [1.29, 1.82) is 5.26 Å². The van der Waals surface area contributed by atoms with Crippen LogP contribution in [0.2, 0.25) is 0 Å². The summed E-state index contributed by atoms with van der Waals surface area (Å²) in [6.07, 6.45) is 3.17. The predicted octanol–water partition coefficient (Wildman–Crippen LogP) is 6.51. The molecule has 236 valence electrons. The van der Waals surface area contributed by atoms with Gasteiger partial charge in [-0.25, -0.2) is 0 Å². The largest absolute Gasteiger partial charge is 0.493 e. The van der Waals surface area contributed by atoms with Crippen LogP contribution in [0.5, 0.6) is 34.5 Å². The van der Waals surface area contributed by atoms with Crippen LogP contribution < -0.4 is 18.9 Å². The molecule has 0 saturated carbocycles. The van der Waals surface area contributed by atoms with Crippen LogP contribution in [-0.2, 0) is 32.3 Å². The number of hydrogen-bond acceptors (Lipinski definition) is 8. The highest BCUT2D eigenvalue weighted by Crippen LogP contribution is 2.49. The zero-order valence-electron chi connectivity index (χ0n) is 26.8. The maximum Gasteiger partial charge on any atom is 0.174 e. The number of ether oxygens (including phenoxy) is 4. The van der Waals surface area contributed by atoms with Crippen molar-refractivity contribution in [2.24, 2.45) is 0 Å². The lowest BCUT2D eigenvalue weighted by atomic mass is 9.86. The molecule has 0 saturated heterocycles. The molecular formula is C38H39N3O5. The molecule has 0 fully saturated rings. The Bertz CT molecular complexity index is 1830. The monoisotopic (exact) mass is 617 g/mol. The normalized spacial score (nSPS) is 19.1. The summed E-state index contributed by atoms with van der Waals surface area (Å²) in [5.74, 6) is 3.68. The molecule has 0 amide bonds. The van der Waals surface area contributed by atoms with Crippen molar-refractivity contribution in [1.82, 2.24) is 9.80 Å². The Kier molecular flexibility index (Phi) is 8.07. The highest BCUT2D eigenvalue weighted by Gasteiger charge is 2.34. The van der Waals surface area contributed by atoms with Gasteiger partial charge in [0.25, 0.3) is 0 Å². The summed E-state index contributed by atoms with van der Waals surface area (Å²) in [5, 5.41) is 20.3. The van der Waals surface area contributed by atoms with E-state index in [0.717, 1.165) is 61.0 Å². The number of aliphatic hydroxyl groups is 1. The third kappa shape index (κ3) is 5.35. The molecule has 6 bridgehead atoms. The fraction of sp³-hybridized carbons (Fsp3) is 0.342. The van der Waals surface area contributed by atoms with E-state index in [1.54, 1.807) is 14.2 Å². The Morgan fingerprint density at radius 3 is 2.26 bits per heavy atom. The molecule has 4 aliphatic rings. The Hall–Kier alpha value is -4.55. The lowest BCUT2D eigenvalue weighted by molar-refractivity contribution is 0.219. The van der Waals surface area contributed by atoms with Gasteiger partial charge in [0.15, 0.2) is 23.0 Å². The van der Waals surface area contributed by atoms with Crippen molar-refractivity contribution in [3.05, 3.63) is 105 Å². The molecule has 8 rings (SSSR count). The lowest BCUT2D eigenvalue weighted by Crippen LogP contribution is -2.34. The summed E-state index contributed by atoms with van der Waals surface area (Å²) >= 11 is 0. The standard InChI is InChI=1S/C38H39N3O5/c1-40-13-11-25-19-34(43-3)35-20-30(25)31(40)16-24-5-8-27(21-39)33(17-24)45-29-9-6-23(7-10-29)15-32-36-26(12-14-41(32)2)18-28(22-42)37(44-4)38(36)46-35/h5-10,17-20,31-32,42H,11-16,22H2,1-4H3/t31-,32+/m1/s1. The minimum Gasteiger partial charge on any atom is -0.493 e. The molecule has 2 atom stereocenters. The van der Waals surface area contributed by atoms with Gasteiger partial charge in [-0.2, -0.15) is 5.26 Å². The van der Waals surface area contributed by atoms with Crippen LogP contribution in [0.3, 0.4) is 0 Å². The van der Waals surface area contributed by atoms with Crippen LogP contribution in [0, 0.1) is 11.3 Å². The summed E-state index contributed by atoms with van der Waals surface area (Å²) in [6.45, 7) is 1.62. The second-order valence-electron chi connectivity index (χ2n) is 12.5. The van der Waals surface area contributed by atoms with Crippen molar-refractivity contribution >= 4 is 0 Å². The maximum atomic E-state index is 10.4. The quantitative estimate of drug-likeness (QED) is 0.279. The van der Waals surface area contributed by atoms with Crippen molar-refractivity contribution in [3.63, 3.8) is 0 Å². The maximum absolute atomic E-state index is 10.4. The summed E-state index contributed by atoms with van der Waals surface area (Å²) in [6, 6.07) is 22.6. The van der Waals surface area contributed by atoms with E-state index in [1.807, 2.05) is 30.3 Å². The van der Waals surface area contributed by atoms with Gasteiger partial charge in [0.05, 0.1) is 26.4 Å². The Morgan fingerprint density at radius 2 is 1.54 bits per heavy atom. The van der Waals surface area contributed by atoms with Crippen LogP contribution >= 0.6 is 0 Å². The number of aliphatic hydroxyl groups excluding tert-OH is 1. The van der Waals surface area contributed by atoms with E-state index >= 15 is 0 Å². The first-order valence-electron chi connectivity index (χ1n) is 15.8. The number of likely N-dealkylation sites (N-methyl/N-ethyl adjacent to an activating group) is 2. The zero-order chi connectivity index (χ0) is 31.9. The van der Waals surface area contributed by atoms with Gasteiger partial charge in [-0.3, -0.25) is 9.80 Å². The number of hydrogen-bond donors (Lipinski definition) is 1. The summed E-state index contributed by atoms with van der Waals surface area (Å²) in [7, 11) is 7.60. The van der Waals surface area contributed by atoms with Gasteiger partial charge in [0.2, 0.25) is 0 Å². The fourth-order valence-electron chi connectivity index (χ4n) is 7.30. The van der Waals surface area contributed by atoms with Crippen LogP contribution in [0.15, 0.2) is 60.7 Å². The number of methoxy groups -OCH3 is 2. The van der Waals surface area contributed by atoms with Gasteiger partial charge < -0.3 is 24.1 Å².